The Kier molecular flexibility index (Phi) is 6.44. The van der Waals surface area contributed by atoms with Crippen molar-refractivity contribution in [3.8, 4) is 0 Å². The van der Waals surface area contributed by atoms with E-state index in [1.165, 1.54) is 0 Å². The molecule has 5 rings (SSSR count). The minimum absolute atomic E-state index is 0.0561. The van der Waals surface area contributed by atoms with Crippen LogP contribution in [-0.2, 0) is 21.4 Å². The number of amides is 2. The first-order valence-electron chi connectivity index (χ1n) is 12.2. The highest BCUT2D eigenvalue weighted by atomic mass is 32.2. The number of nitrogens with one attached hydrogen (secondary N) is 2. The summed E-state index contributed by atoms with van der Waals surface area (Å²) in [7, 11) is -3.50. The average Bonchev–Trinajstić information content (AvgIpc) is 3.58. The lowest BCUT2D eigenvalue weighted by molar-refractivity contribution is -0.125. The summed E-state index contributed by atoms with van der Waals surface area (Å²) < 4.78 is 27.4. The Morgan fingerprint density at radius 2 is 1.62 bits per heavy atom. The number of rotatable bonds is 7. The zero-order valence-electron chi connectivity index (χ0n) is 19.2. The van der Waals surface area contributed by atoms with Crippen molar-refractivity contribution in [2.75, 3.05) is 0 Å². The molecule has 2 N–H and O–H groups in total. The van der Waals surface area contributed by atoms with Crippen molar-refractivity contribution in [1.82, 2.24) is 14.9 Å². The Morgan fingerprint density at radius 1 is 0.912 bits per heavy atom. The van der Waals surface area contributed by atoms with Crippen LogP contribution in [-0.4, -0.2) is 43.3 Å². The van der Waals surface area contributed by atoms with Gasteiger partial charge in [-0.15, -0.1) is 0 Å². The van der Waals surface area contributed by atoms with E-state index in [2.05, 4.69) is 10.0 Å². The summed E-state index contributed by atoms with van der Waals surface area (Å²) in [5, 5.41) is 2.99. The fraction of sp³-hybridized carbons (Fsp3) is 0.462. The number of likely N-dealkylation sites (tertiary alicyclic amines) is 1. The van der Waals surface area contributed by atoms with Crippen LogP contribution < -0.4 is 10.0 Å². The molecule has 7 nitrogen and oxygen atoms in total. The lowest BCUT2D eigenvalue weighted by atomic mass is 9.84. The van der Waals surface area contributed by atoms with Gasteiger partial charge < -0.3 is 10.2 Å². The molecule has 34 heavy (non-hydrogen) atoms. The van der Waals surface area contributed by atoms with Gasteiger partial charge >= 0.3 is 0 Å². The molecule has 2 amide bonds. The number of hydrogen-bond acceptors (Lipinski definition) is 4. The molecule has 180 valence electrons. The summed E-state index contributed by atoms with van der Waals surface area (Å²) >= 11 is 0. The summed E-state index contributed by atoms with van der Waals surface area (Å²) in [5.41, 5.74) is 1.43. The van der Waals surface area contributed by atoms with E-state index >= 15 is 0 Å². The van der Waals surface area contributed by atoms with Gasteiger partial charge in [0.05, 0.1) is 4.90 Å². The third-order valence-corrected chi connectivity index (χ3v) is 8.78. The normalized spacial score (nSPS) is 24.5. The molecule has 8 heteroatoms. The summed E-state index contributed by atoms with van der Waals surface area (Å²) in [4.78, 5) is 28.7. The molecular weight excluding hydrogens is 450 g/mol. The predicted octanol–water partition coefficient (Wildman–Crippen LogP) is 3.22. The predicted molar refractivity (Wildman–Crippen MR) is 128 cm³/mol. The standard InChI is InChI=1S/C26H31N3O4S/c30-25(27-17-18-10-14-22(15-11-18)34(32,33)28-21-12-13-21)24-16-20-8-4-5-9-23(20)29(24)26(31)19-6-2-1-3-7-19/h1-3,6-7,10-11,14-15,20-21,23-24,28H,4-5,8-9,12-13,16-17H2,(H,27,30). The minimum atomic E-state index is -3.50. The first kappa shape index (κ1) is 23.1. The molecule has 3 unspecified atom stereocenters. The maximum Gasteiger partial charge on any atom is 0.254 e. The summed E-state index contributed by atoms with van der Waals surface area (Å²) in [5.74, 6) is 0.138. The number of carbonyl (C=O) groups excluding carboxylic acids is 2. The number of fused-ring (bicyclic) bond motifs is 1. The van der Waals surface area contributed by atoms with Gasteiger partial charge in [-0.05, 0) is 67.9 Å². The molecule has 2 aromatic carbocycles. The van der Waals surface area contributed by atoms with E-state index in [9.17, 15) is 18.0 Å². The second kappa shape index (κ2) is 9.50. The van der Waals surface area contributed by atoms with Gasteiger partial charge in [0, 0.05) is 24.2 Å². The highest BCUT2D eigenvalue weighted by Crippen LogP contribution is 2.40. The van der Waals surface area contributed by atoms with Gasteiger partial charge in [0.1, 0.15) is 6.04 Å². The van der Waals surface area contributed by atoms with Gasteiger partial charge in [-0.3, -0.25) is 9.59 Å². The van der Waals surface area contributed by atoms with Crippen LogP contribution in [0.4, 0.5) is 0 Å². The molecule has 2 aliphatic carbocycles. The van der Waals surface area contributed by atoms with Crippen molar-refractivity contribution in [3.63, 3.8) is 0 Å². The van der Waals surface area contributed by atoms with Crippen LogP contribution >= 0.6 is 0 Å². The topological polar surface area (TPSA) is 95.6 Å². The molecule has 0 spiro atoms. The summed E-state index contributed by atoms with van der Waals surface area (Å²) in [6, 6.07) is 15.5. The van der Waals surface area contributed by atoms with E-state index in [1.807, 2.05) is 23.1 Å². The molecular formula is C26H31N3O4S. The van der Waals surface area contributed by atoms with Gasteiger partial charge in [0.25, 0.3) is 5.91 Å². The minimum Gasteiger partial charge on any atom is -0.350 e. The number of benzene rings is 2. The first-order valence-corrected chi connectivity index (χ1v) is 13.7. The molecule has 1 saturated heterocycles. The average molecular weight is 482 g/mol. The Labute approximate surface area is 201 Å². The molecule has 2 aromatic rings. The van der Waals surface area contributed by atoms with Crippen molar-refractivity contribution in [2.24, 2.45) is 5.92 Å². The van der Waals surface area contributed by atoms with Gasteiger partial charge in [0.15, 0.2) is 0 Å². The summed E-state index contributed by atoms with van der Waals surface area (Å²) in [6.45, 7) is 0.286. The monoisotopic (exact) mass is 481 g/mol. The highest BCUT2D eigenvalue weighted by molar-refractivity contribution is 7.89. The molecule has 3 aliphatic rings. The largest absolute Gasteiger partial charge is 0.350 e. The third kappa shape index (κ3) is 4.88. The van der Waals surface area contributed by atoms with Crippen LogP contribution in [0.15, 0.2) is 59.5 Å². The Bertz CT molecular complexity index is 1150. The molecule has 0 bridgehead atoms. The van der Waals surface area contributed by atoms with E-state index in [0.717, 1.165) is 44.1 Å². The van der Waals surface area contributed by atoms with E-state index in [4.69, 9.17) is 0 Å². The van der Waals surface area contributed by atoms with Crippen molar-refractivity contribution in [3.05, 3.63) is 65.7 Å². The SMILES string of the molecule is O=C(NCc1ccc(S(=O)(=O)NC2CC2)cc1)C1CC2CCCCC2N1C(=O)c1ccccc1. The zero-order valence-corrected chi connectivity index (χ0v) is 20.0. The van der Waals surface area contributed by atoms with E-state index in [0.29, 0.717) is 17.9 Å². The quantitative estimate of drug-likeness (QED) is 0.635. The maximum atomic E-state index is 13.4. The van der Waals surface area contributed by atoms with Crippen LogP contribution in [0.2, 0.25) is 0 Å². The van der Waals surface area contributed by atoms with Gasteiger partial charge in [-0.25, -0.2) is 13.1 Å². The second-order valence-electron chi connectivity index (χ2n) is 9.70. The Balaban J connectivity index is 1.26. The summed E-state index contributed by atoms with van der Waals surface area (Å²) in [6.07, 6.45) is 6.69. The van der Waals surface area contributed by atoms with Crippen molar-refractivity contribution in [2.45, 2.75) is 74.5 Å². The number of sulfonamides is 1. The van der Waals surface area contributed by atoms with Crippen molar-refractivity contribution < 1.29 is 18.0 Å². The van der Waals surface area contributed by atoms with Gasteiger partial charge in [-0.2, -0.15) is 0 Å². The van der Waals surface area contributed by atoms with E-state index < -0.39 is 16.1 Å². The van der Waals surface area contributed by atoms with Crippen LogP contribution in [0.5, 0.6) is 0 Å². The zero-order chi connectivity index (χ0) is 23.7. The fourth-order valence-corrected chi connectivity index (χ4v) is 6.60. The van der Waals surface area contributed by atoms with Crippen LogP contribution in [0, 0.1) is 5.92 Å². The Morgan fingerprint density at radius 3 is 2.32 bits per heavy atom. The Hall–Kier alpha value is -2.71. The number of hydrogen-bond donors (Lipinski definition) is 2. The van der Waals surface area contributed by atoms with Crippen molar-refractivity contribution in [1.29, 1.82) is 0 Å². The molecule has 0 radical (unpaired) electrons. The number of carbonyl (C=O) groups is 2. The lowest BCUT2D eigenvalue weighted by Gasteiger charge is -2.33. The number of nitrogens with zero attached hydrogens (tertiary/aromatic N) is 1. The molecule has 3 atom stereocenters. The second-order valence-corrected chi connectivity index (χ2v) is 11.4. The first-order chi connectivity index (χ1) is 16.4. The van der Waals surface area contributed by atoms with Crippen LogP contribution in [0.25, 0.3) is 0 Å². The highest BCUT2D eigenvalue weighted by Gasteiger charge is 2.47. The fourth-order valence-electron chi connectivity index (χ4n) is 5.30. The molecule has 2 saturated carbocycles. The van der Waals surface area contributed by atoms with Gasteiger partial charge in [0.2, 0.25) is 15.9 Å². The maximum absolute atomic E-state index is 13.4. The van der Waals surface area contributed by atoms with E-state index in [-0.39, 0.29) is 35.3 Å². The van der Waals surface area contributed by atoms with Crippen LogP contribution in [0.3, 0.4) is 0 Å². The molecule has 1 heterocycles. The molecule has 1 aliphatic heterocycles. The smallest absolute Gasteiger partial charge is 0.254 e. The van der Waals surface area contributed by atoms with Crippen molar-refractivity contribution >= 4 is 21.8 Å². The van der Waals surface area contributed by atoms with Crippen LogP contribution in [0.1, 0.15) is 60.9 Å². The third-order valence-electron chi connectivity index (χ3n) is 7.25. The lowest BCUT2D eigenvalue weighted by Crippen LogP contribution is -2.49. The van der Waals surface area contributed by atoms with Gasteiger partial charge in [-0.1, -0.05) is 43.2 Å². The molecule has 0 aromatic heterocycles. The molecule has 3 fully saturated rings. The van der Waals surface area contributed by atoms with E-state index in [1.54, 1.807) is 36.4 Å².